The molecule has 2 heterocycles. The van der Waals surface area contributed by atoms with Crippen LogP contribution in [-0.2, 0) is 17.8 Å². The van der Waals surface area contributed by atoms with Gasteiger partial charge in [-0.1, -0.05) is 6.07 Å². The zero-order valence-electron chi connectivity index (χ0n) is 13.5. The van der Waals surface area contributed by atoms with Gasteiger partial charge in [0.05, 0.1) is 12.7 Å². The van der Waals surface area contributed by atoms with Gasteiger partial charge in [-0.15, -0.1) is 0 Å². The standard InChI is InChI=1S/C16H16F2N6O/c1-23(13(25)7-10-2-3-11(17)12(18)6-10)4-5-24-9-22-14-15(19)20-8-21-16(14)24/h2-3,6,8-9H,4-5,7H2,1H3,(H2,19,20,21). The fourth-order valence-corrected chi connectivity index (χ4v) is 2.40. The van der Waals surface area contributed by atoms with Crippen LogP contribution in [-0.4, -0.2) is 43.9 Å². The molecule has 3 rings (SSSR count). The van der Waals surface area contributed by atoms with Crippen LogP contribution in [0.3, 0.4) is 0 Å². The van der Waals surface area contributed by atoms with Gasteiger partial charge in [-0.3, -0.25) is 4.79 Å². The summed E-state index contributed by atoms with van der Waals surface area (Å²) in [7, 11) is 1.64. The first-order valence-electron chi connectivity index (χ1n) is 7.55. The molecular formula is C16H16F2N6O. The normalized spacial score (nSPS) is 11.0. The van der Waals surface area contributed by atoms with Gasteiger partial charge in [0, 0.05) is 20.1 Å². The first kappa shape index (κ1) is 16.7. The number of rotatable bonds is 5. The topological polar surface area (TPSA) is 89.9 Å². The monoisotopic (exact) mass is 346 g/mol. The van der Waals surface area contributed by atoms with E-state index in [4.69, 9.17) is 5.73 Å². The Labute approximate surface area is 142 Å². The second kappa shape index (κ2) is 6.80. The van der Waals surface area contributed by atoms with Crippen LogP contribution in [0.4, 0.5) is 14.6 Å². The zero-order chi connectivity index (χ0) is 18.0. The third-order valence-corrected chi connectivity index (χ3v) is 3.87. The van der Waals surface area contributed by atoms with Gasteiger partial charge in [-0.05, 0) is 17.7 Å². The number of nitrogens with zero attached hydrogens (tertiary/aromatic N) is 5. The third-order valence-electron chi connectivity index (χ3n) is 3.87. The lowest BCUT2D eigenvalue weighted by Crippen LogP contribution is -2.31. The van der Waals surface area contributed by atoms with E-state index < -0.39 is 11.6 Å². The van der Waals surface area contributed by atoms with Gasteiger partial charge < -0.3 is 15.2 Å². The maximum atomic E-state index is 13.2. The quantitative estimate of drug-likeness (QED) is 0.754. The summed E-state index contributed by atoms with van der Waals surface area (Å²) in [6.45, 7) is 0.866. The molecule has 130 valence electrons. The van der Waals surface area contributed by atoms with Crippen LogP contribution in [0, 0.1) is 11.6 Å². The van der Waals surface area contributed by atoms with Gasteiger partial charge in [0.25, 0.3) is 0 Å². The van der Waals surface area contributed by atoms with Crippen molar-refractivity contribution in [2.24, 2.45) is 0 Å². The van der Waals surface area contributed by atoms with Gasteiger partial charge in [-0.2, -0.15) is 0 Å². The number of halogens is 2. The van der Waals surface area contributed by atoms with E-state index >= 15 is 0 Å². The largest absolute Gasteiger partial charge is 0.382 e. The molecule has 7 nitrogen and oxygen atoms in total. The minimum Gasteiger partial charge on any atom is -0.382 e. The molecule has 2 N–H and O–H groups in total. The van der Waals surface area contributed by atoms with Crippen molar-refractivity contribution in [3.05, 3.63) is 48.1 Å². The molecule has 0 aliphatic heterocycles. The van der Waals surface area contributed by atoms with Crippen LogP contribution < -0.4 is 5.73 Å². The summed E-state index contributed by atoms with van der Waals surface area (Å²) in [5.74, 6) is -1.80. The van der Waals surface area contributed by atoms with Crippen molar-refractivity contribution in [2.45, 2.75) is 13.0 Å². The smallest absolute Gasteiger partial charge is 0.226 e. The molecule has 0 spiro atoms. The molecule has 0 aliphatic rings. The summed E-state index contributed by atoms with van der Waals surface area (Å²) in [5.41, 5.74) is 7.26. The van der Waals surface area contributed by atoms with Gasteiger partial charge in [0.1, 0.15) is 11.8 Å². The molecule has 25 heavy (non-hydrogen) atoms. The Morgan fingerprint density at radius 2 is 2.04 bits per heavy atom. The minimum atomic E-state index is -0.963. The Morgan fingerprint density at radius 1 is 1.24 bits per heavy atom. The number of anilines is 1. The lowest BCUT2D eigenvalue weighted by Gasteiger charge is -2.17. The maximum absolute atomic E-state index is 13.2. The number of nitrogens with two attached hydrogens (primary N) is 1. The van der Waals surface area contributed by atoms with Crippen molar-refractivity contribution < 1.29 is 13.6 Å². The Bertz CT molecular complexity index is 926. The molecule has 1 amide bonds. The summed E-state index contributed by atoms with van der Waals surface area (Å²) < 4.78 is 27.9. The van der Waals surface area contributed by atoms with Crippen LogP contribution in [0.25, 0.3) is 11.2 Å². The number of amides is 1. The van der Waals surface area contributed by atoms with Crippen molar-refractivity contribution in [1.29, 1.82) is 0 Å². The van der Waals surface area contributed by atoms with E-state index in [1.54, 1.807) is 17.9 Å². The Kier molecular flexibility index (Phi) is 4.55. The fraction of sp³-hybridized carbons (Fsp3) is 0.250. The lowest BCUT2D eigenvalue weighted by molar-refractivity contribution is -0.129. The second-order valence-corrected chi connectivity index (χ2v) is 5.61. The first-order valence-corrected chi connectivity index (χ1v) is 7.55. The predicted octanol–water partition coefficient (Wildman–Crippen LogP) is 1.39. The highest BCUT2D eigenvalue weighted by atomic mass is 19.2. The molecule has 0 bridgehead atoms. The van der Waals surface area contributed by atoms with Gasteiger partial charge >= 0.3 is 0 Å². The highest BCUT2D eigenvalue weighted by molar-refractivity contribution is 5.81. The number of carbonyl (C=O) groups is 1. The number of imidazole rings is 1. The molecule has 0 saturated heterocycles. The van der Waals surface area contributed by atoms with Crippen LogP contribution in [0.2, 0.25) is 0 Å². The molecule has 3 aromatic rings. The SMILES string of the molecule is CN(CCn1cnc2c(N)ncnc21)C(=O)Cc1ccc(F)c(F)c1. The van der Waals surface area contributed by atoms with Crippen molar-refractivity contribution >= 4 is 22.9 Å². The van der Waals surface area contributed by atoms with Crippen molar-refractivity contribution in [2.75, 3.05) is 19.3 Å². The number of benzene rings is 1. The summed E-state index contributed by atoms with van der Waals surface area (Å²) in [5, 5.41) is 0. The molecular weight excluding hydrogens is 330 g/mol. The minimum absolute atomic E-state index is 0.00645. The van der Waals surface area contributed by atoms with E-state index in [9.17, 15) is 13.6 Å². The average molecular weight is 346 g/mol. The van der Waals surface area contributed by atoms with Crippen molar-refractivity contribution in [3.8, 4) is 0 Å². The van der Waals surface area contributed by atoms with Crippen LogP contribution >= 0.6 is 0 Å². The molecule has 0 atom stereocenters. The average Bonchev–Trinajstić information content (AvgIpc) is 3.00. The van der Waals surface area contributed by atoms with E-state index in [0.29, 0.717) is 35.6 Å². The molecule has 9 heteroatoms. The number of hydrogen-bond donors (Lipinski definition) is 1. The Balaban J connectivity index is 1.63. The first-order chi connectivity index (χ1) is 12.0. The zero-order valence-corrected chi connectivity index (χ0v) is 13.5. The van der Waals surface area contributed by atoms with E-state index in [2.05, 4.69) is 15.0 Å². The summed E-state index contributed by atoms with van der Waals surface area (Å²) in [6.07, 6.45) is 2.94. The molecule has 2 aromatic heterocycles. The summed E-state index contributed by atoms with van der Waals surface area (Å²) >= 11 is 0. The molecule has 0 saturated carbocycles. The Hall–Kier alpha value is -3.10. The molecule has 0 fully saturated rings. The molecule has 0 unspecified atom stereocenters. The van der Waals surface area contributed by atoms with E-state index in [-0.39, 0.29) is 12.3 Å². The molecule has 1 aromatic carbocycles. The van der Waals surface area contributed by atoms with Crippen molar-refractivity contribution in [1.82, 2.24) is 24.4 Å². The second-order valence-electron chi connectivity index (χ2n) is 5.61. The Morgan fingerprint density at radius 3 is 2.80 bits per heavy atom. The number of carbonyl (C=O) groups excluding carboxylic acids is 1. The molecule has 0 aliphatic carbocycles. The summed E-state index contributed by atoms with van der Waals surface area (Å²) in [6, 6.07) is 3.44. The number of fused-ring (bicyclic) bond motifs is 1. The van der Waals surface area contributed by atoms with E-state index in [1.165, 1.54) is 17.3 Å². The fourth-order valence-electron chi connectivity index (χ4n) is 2.40. The van der Waals surface area contributed by atoms with Gasteiger partial charge in [0.2, 0.25) is 5.91 Å². The summed E-state index contributed by atoms with van der Waals surface area (Å²) in [4.78, 5) is 25.9. The lowest BCUT2D eigenvalue weighted by atomic mass is 10.1. The highest BCUT2D eigenvalue weighted by Crippen LogP contribution is 2.14. The van der Waals surface area contributed by atoms with E-state index in [1.807, 2.05) is 0 Å². The number of aromatic nitrogens is 4. The predicted molar refractivity (Wildman–Crippen MR) is 87.4 cm³/mol. The number of nitrogen functional groups attached to an aromatic ring is 1. The maximum Gasteiger partial charge on any atom is 0.226 e. The van der Waals surface area contributed by atoms with Crippen LogP contribution in [0.15, 0.2) is 30.9 Å². The van der Waals surface area contributed by atoms with Gasteiger partial charge in [-0.25, -0.2) is 23.7 Å². The number of hydrogen-bond acceptors (Lipinski definition) is 5. The van der Waals surface area contributed by atoms with Crippen molar-refractivity contribution in [3.63, 3.8) is 0 Å². The third kappa shape index (κ3) is 3.54. The van der Waals surface area contributed by atoms with Crippen LogP contribution in [0.1, 0.15) is 5.56 Å². The van der Waals surface area contributed by atoms with Gasteiger partial charge in [0.15, 0.2) is 23.1 Å². The molecule has 0 radical (unpaired) electrons. The van der Waals surface area contributed by atoms with E-state index in [0.717, 1.165) is 12.1 Å². The highest BCUT2D eigenvalue weighted by Gasteiger charge is 2.13. The number of likely N-dealkylation sites (N-methyl/N-ethyl adjacent to an activating group) is 1. The van der Waals surface area contributed by atoms with Crippen LogP contribution in [0.5, 0.6) is 0 Å².